The molecule has 0 heterocycles. The van der Waals surface area contributed by atoms with Gasteiger partial charge in [0.25, 0.3) is 0 Å². The molecule has 2 nitrogen and oxygen atoms in total. The zero-order valence-corrected chi connectivity index (χ0v) is 11.1. The second-order valence-electron chi connectivity index (χ2n) is 4.70. The average Bonchev–Trinajstić information content (AvgIpc) is 2.35. The summed E-state index contributed by atoms with van der Waals surface area (Å²) in [6, 6.07) is 4.24. The zero-order valence-electron chi connectivity index (χ0n) is 11.1. The van der Waals surface area contributed by atoms with Crippen LogP contribution in [-0.4, -0.2) is 14.2 Å². The molecule has 2 heteroatoms. The maximum atomic E-state index is 5.38. The Morgan fingerprint density at radius 1 is 1.00 bits per heavy atom. The molecule has 1 aromatic rings. The molecular formula is C15H20O2. The van der Waals surface area contributed by atoms with Crippen LogP contribution < -0.4 is 9.47 Å². The summed E-state index contributed by atoms with van der Waals surface area (Å²) >= 11 is 0. The van der Waals surface area contributed by atoms with Gasteiger partial charge in [0.2, 0.25) is 0 Å². The Hall–Kier alpha value is -1.44. The predicted molar refractivity (Wildman–Crippen MR) is 70.8 cm³/mol. The van der Waals surface area contributed by atoms with Gasteiger partial charge in [0, 0.05) is 0 Å². The minimum absolute atomic E-state index is 0.826. The van der Waals surface area contributed by atoms with Crippen molar-refractivity contribution in [1.82, 2.24) is 0 Å². The van der Waals surface area contributed by atoms with Crippen LogP contribution in [0.5, 0.6) is 11.5 Å². The van der Waals surface area contributed by atoms with E-state index in [2.05, 4.69) is 26.0 Å². The van der Waals surface area contributed by atoms with E-state index in [0.29, 0.717) is 0 Å². The number of ether oxygens (including phenoxy) is 2. The Kier molecular flexibility index (Phi) is 3.41. The van der Waals surface area contributed by atoms with Crippen molar-refractivity contribution >= 4 is 5.57 Å². The highest BCUT2D eigenvalue weighted by atomic mass is 16.5. The van der Waals surface area contributed by atoms with Crippen molar-refractivity contribution in [3.8, 4) is 11.5 Å². The third-order valence-corrected chi connectivity index (χ3v) is 3.41. The lowest BCUT2D eigenvalue weighted by Gasteiger charge is -2.22. The Labute approximate surface area is 103 Å². The van der Waals surface area contributed by atoms with E-state index < -0.39 is 0 Å². The summed E-state index contributed by atoms with van der Waals surface area (Å²) in [7, 11) is 3.38. The van der Waals surface area contributed by atoms with Gasteiger partial charge >= 0.3 is 0 Å². The van der Waals surface area contributed by atoms with E-state index in [4.69, 9.17) is 9.47 Å². The van der Waals surface area contributed by atoms with Gasteiger partial charge in [0.1, 0.15) is 0 Å². The summed E-state index contributed by atoms with van der Waals surface area (Å²) < 4.78 is 10.7. The molecule has 0 saturated carbocycles. The molecule has 0 amide bonds. The number of hydrogen-bond donors (Lipinski definition) is 0. The van der Waals surface area contributed by atoms with Crippen molar-refractivity contribution in [2.45, 2.75) is 33.1 Å². The second-order valence-corrected chi connectivity index (χ2v) is 4.70. The van der Waals surface area contributed by atoms with Gasteiger partial charge in [-0.25, -0.2) is 0 Å². The lowest BCUT2D eigenvalue weighted by Crippen LogP contribution is -2.04. The van der Waals surface area contributed by atoms with E-state index in [1.807, 2.05) is 0 Å². The number of allylic oxidation sites excluding steroid dienone is 2. The van der Waals surface area contributed by atoms with Gasteiger partial charge in [-0.1, -0.05) is 5.57 Å². The Morgan fingerprint density at radius 2 is 1.65 bits per heavy atom. The fourth-order valence-corrected chi connectivity index (χ4v) is 2.52. The monoisotopic (exact) mass is 232 g/mol. The van der Waals surface area contributed by atoms with Crippen LogP contribution in [0.15, 0.2) is 17.7 Å². The lowest BCUT2D eigenvalue weighted by atomic mass is 9.85. The maximum absolute atomic E-state index is 5.38. The summed E-state index contributed by atoms with van der Waals surface area (Å²) in [5, 5.41) is 0. The molecule has 0 aromatic heterocycles. The Balaban J connectivity index is 2.59. The molecule has 92 valence electrons. The largest absolute Gasteiger partial charge is 0.493 e. The summed E-state index contributed by atoms with van der Waals surface area (Å²) in [5.41, 5.74) is 5.59. The molecule has 17 heavy (non-hydrogen) atoms. The van der Waals surface area contributed by atoms with Crippen molar-refractivity contribution in [3.05, 3.63) is 28.8 Å². The number of rotatable bonds is 2. The van der Waals surface area contributed by atoms with Crippen molar-refractivity contribution in [2.75, 3.05) is 14.2 Å². The second kappa shape index (κ2) is 4.82. The van der Waals surface area contributed by atoms with Crippen LogP contribution in [0.4, 0.5) is 0 Å². The molecule has 0 unspecified atom stereocenters. The summed E-state index contributed by atoms with van der Waals surface area (Å²) in [5.74, 6) is 1.66. The van der Waals surface area contributed by atoms with Crippen molar-refractivity contribution < 1.29 is 9.47 Å². The Morgan fingerprint density at radius 3 is 2.24 bits per heavy atom. The van der Waals surface area contributed by atoms with E-state index in [9.17, 15) is 0 Å². The third-order valence-electron chi connectivity index (χ3n) is 3.41. The van der Waals surface area contributed by atoms with E-state index >= 15 is 0 Å². The van der Waals surface area contributed by atoms with Crippen LogP contribution >= 0.6 is 0 Å². The minimum Gasteiger partial charge on any atom is -0.493 e. The molecule has 0 aliphatic heterocycles. The molecule has 0 fully saturated rings. The van der Waals surface area contributed by atoms with Gasteiger partial charge in [0.05, 0.1) is 14.2 Å². The standard InChI is InChI=1S/C15H20O2/c1-10(2)12-7-5-6-11-8-14(16-3)15(17-4)9-13(11)12/h8-9H,5-7H2,1-4H3. The first kappa shape index (κ1) is 12.0. The maximum Gasteiger partial charge on any atom is 0.161 e. The van der Waals surface area contributed by atoms with Crippen molar-refractivity contribution in [1.29, 1.82) is 0 Å². The topological polar surface area (TPSA) is 18.5 Å². The SMILES string of the molecule is COc1cc2c(cc1OC)C(=C(C)C)CCC2. The smallest absolute Gasteiger partial charge is 0.161 e. The number of fused-ring (bicyclic) bond motifs is 1. The predicted octanol–water partition coefficient (Wildman–Crippen LogP) is 3.83. The van der Waals surface area contributed by atoms with Crippen molar-refractivity contribution in [2.24, 2.45) is 0 Å². The highest BCUT2D eigenvalue weighted by Gasteiger charge is 2.18. The molecule has 0 bridgehead atoms. The van der Waals surface area contributed by atoms with Gasteiger partial charge in [-0.05, 0) is 61.9 Å². The van der Waals surface area contributed by atoms with Crippen LogP contribution in [-0.2, 0) is 6.42 Å². The average molecular weight is 232 g/mol. The summed E-state index contributed by atoms with van der Waals surface area (Å²) in [4.78, 5) is 0. The molecule has 0 saturated heterocycles. The fraction of sp³-hybridized carbons (Fsp3) is 0.467. The molecule has 1 aromatic carbocycles. The molecule has 0 N–H and O–H groups in total. The van der Waals surface area contributed by atoms with Crippen LogP contribution in [0.25, 0.3) is 5.57 Å². The normalized spacial score (nSPS) is 14.2. The zero-order chi connectivity index (χ0) is 12.4. The number of benzene rings is 1. The van der Waals surface area contributed by atoms with Crippen LogP contribution in [0, 0.1) is 0 Å². The molecule has 1 aliphatic rings. The molecular weight excluding hydrogens is 212 g/mol. The van der Waals surface area contributed by atoms with E-state index in [-0.39, 0.29) is 0 Å². The quantitative estimate of drug-likeness (QED) is 0.771. The fourth-order valence-electron chi connectivity index (χ4n) is 2.52. The van der Waals surface area contributed by atoms with Gasteiger partial charge in [-0.2, -0.15) is 0 Å². The summed E-state index contributed by atoms with van der Waals surface area (Å²) in [6.45, 7) is 4.36. The van der Waals surface area contributed by atoms with Gasteiger partial charge < -0.3 is 9.47 Å². The molecule has 1 aliphatic carbocycles. The first-order valence-electron chi connectivity index (χ1n) is 6.09. The van der Waals surface area contributed by atoms with Crippen LogP contribution in [0.2, 0.25) is 0 Å². The first-order valence-corrected chi connectivity index (χ1v) is 6.09. The number of aryl methyl sites for hydroxylation is 1. The number of hydrogen-bond acceptors (Lipinski definition) is 2. The van der Waals surface area contributed by atoms with Gasteiger partial charge in [0.15, 0.2) is 11.5 Å². The van der Waals surface area contributed by atoms with Crippen LogP contribution in [0.1, 0.15) is 37.8 Å². The lowest BCUT2D eigenvalue weighted by molar-refractivity contribution is 0.354. The minimum atomic E-state index is 0.826. The molecule has 0 radical (unpaired) electrons. The van der Waals surface area contributed by atoms with E-state index in [1.54, 1.807) is 14.2 Å². The highest BCUT2D eigenvalue weighted by molar-refractivity contribution is 5.74. The Bertz CT molecular complexity index is 454. The number of methoxy groups -OCH3 is 2. The van der Waals surface area contributed by atoms with Crippen LogP contribution in [0.3, 0.4) is 0 Å². The first-order chi connectivity index (χ1) is 8.17. The van der Waals surface area contributed by atoms with Gasteiger partial charge in [-0.3, -0.25) is 0 Å². The molecule has 2 rings (SSSR count). The third kappa shape index (κ3) is 2.17. The van der Waals surface area contributed by atoms with E-state index in [1.165, 1.54) is 35.1 Å². The summed E-state index contributed by atoms with van der Waals surface area (Å²) in [6.07, 6.45) is 3.53. The molecule has 0 atom stereocenters. The van der Waals surface area contributed by atoms with Crippen molar-refractivity contribution in [3.63, 3.8) is 0 Å². The highest BCUT2D eigenvalue weighted by Crippen LogP contribution is 2.39. The molecule has 0 spiro atoms. The van der Waals surface area contributed by atoms with Gasteiger partial charge in [-0.15, -0.1) is 0 Å². The van der Waals surface area contributed by atoms with E-state index in [0.717, 1.165) is 17.9 Å².